The number of nitrogens with one attached hydrogen (secondary N) is 1. The van der Waals surface area contributed by atoms with E-state index in [4.69, 9.17) is 0 Å². The van der Waals surface area contributed by atoms with Gasteiger partial charge >= 0.3 is 0 Å². The molecule has 1 aromatic heterocycles. The number of benzene rings is 2. The van der Waals surface area contributed by atoms with Crippen LogP contribution in [0.1, 0.15) is 39.8 Å². The van der Waals surface area contributed by atoms with Gasteiger partial charge in [-0.3, -0.25) is 4.79 Å². The van der Waals surface area contributed by atoms with Crippen LogP contribution in [0, 0.1) is 27.7 Å². The first-order chi connectivity index (χ1) is 13.4. The number of aryl methyl sites for hydroxylation is 4. The fourth-order valence-electron chi connectivity index (χ4n) is 3.19. The largest absolute Gasteiger partial charge is 0.324 e. The normalized spacial score (nSPS) is 10.6. The minimum Gasteiger partial charge on any atom is -0.324 e. The molecule has 0 radical (unpaired) electrons. The van der Waals surface area contributed by atoms with Gasteiger partial charge in [-0.25, -0.2) is 9.97 Å². The molecule has 1 amide bonds. The topological polar surface area (TPSA) is 58.1 Å². The molecule has 0 saturated carbocycles. The molecule has 2 aromatic carbocycles. The molecule has 5 nitrogen and oxygen atoms in total. The van der Waals surface area contributed by atoms with E-state index < -0.39 is 0 Å². The standard InChI is InChI=1S/C23H26N4O/c1-6-27(19-9-7-8-15(2)13-19)22(28)21-14-18(5)24-23(26-21)25-20-11-10-16(3)12-17(20)4/h7-14H,6H2,1-5H3,(H,24,25,26). The molecule has 0 unspecified atom stereocenters. The Morgan fingerprint density at radius 3 is 2.39 bits per heavy atom. The molecular weight excluding hydrogens is 348 g/mol. The minimum absolute atomic E-state index is 0.137. The summed E-state index contributed by atoms with van der Waals surface area (Å²) in [5, 5.41) is 3.25. The summed E-state index contributed by atoms with van der Waals surface area (Å²) >= 11 is 0. The monoisotopic (exact) mass is 374 g/mol. The molecule has 0 aliphatic heterocycles. The lowest BCUT2D eigenvalue weighted by atomic mass is 10.1. The lowest BCUT2D eigenvalue weighted by Gasteiger charge is -2.21. The fraction of sp³-hybridized carbons (Fsp3) is 0.261. The summed E-state index contributed by atoms with van der Waals surface area (Å²) in [5.41, 5.74) is 6.33. The Hall–Kier alpha value is -3.21. The number of hydrogen-bond acceptors (Lipinski definition) is 4. The zero-order valence-corrected chi connectivity index (χ0v) is 17.1. The molecule has 28 heavy (non-hydrogen) atoms. The first-order valence-corrected chi connectivity index (χ1v) is 9.46. The molecule has 144 valence electrons. The summed E-state index contributed by atoms with van der Waals surface area (Å²) in [6.07, 6.45) is 0. The van der Waals surface area contributed by atoms with Crippen LogP contribution in [0.4, 0.5) is 17.3 Å². The van der Waals surface area contributed by atoms with Gasteiger partial charge in [0.2, 0.25) is 5.95 Å². The molecule has 1 N–H and O–H groups in total. The number of hydrogen-bond donors (Lipinski definition) is 1. The van der Waals surface area contributed by atoms with Crippen molar-refractivity contribution in [2.45, 2.75) is 34.6 Å². The molecular formula is C23H26N4O. The van der Waals surface area contributed by atoms with E-state index in [0.29, 0.717) is 18.2 Å². The predicted molar refractivity (Wildman–Crippen MR) is 114 cm³/mol. The molecule has 3 rings (SSSR count). The van der Waals surface area contributed by atoms with Crippen LogP contribution in [-0.2, 0) is 0 Å². The average molecular weight is 374 g/mol. The van der Waals surface area contributed by atoms with E-state index in [0.717, 1.165) is 28.2 Å². The number of carbonyl (C=O) groups is 1. The van der Waals surface area contributed by atoms with Crippen molar-refractivity contribution in [2.75, 3.05) is 16.8 Å². The Morgan fingerprint density at radius 2 is 1.71 bits per heavy atom. The number of rotatable bonds is 5. The molecule has 0 fully saturated rings. The molecule has 5 heteroatoms. The first kappa shape index (κ1) is 19.5. The van der Waals surface area contributed by atoms with Crippen LogP contribution >= 0.6 is 0 Å². The summed E-state index contributed by atoms with van der Waals surface area (Å²) < 4.78 is 0. The maximum absolute atomic E-state index is 13.2. The predicted octanol–water partition coefficient (Wildman–Crippen LogP) is 5.12. The van der Waals surface area contributed by atoms with Crippen LogP contribution in [0.5, 0.6) is 0 Å². The minimum atomic E-state index is -0.137. The first-order valence-electron chi connectivity index (χ1n) is 9.46. The van der Waals surface area contributed by atoms with Gasteiger partial charge in [-0.15, -0.1) is 0 Å². The summed E-state index contributed by atoms with van der Waals surface area (Å²) in [5.74, 6) is 0.290. The van der Waals surface area contributed by atoms with Crippen molar-refractivity contribution >= 4 is 23.2 Å². The van der Waals surface area contributed by atoms with Crippen LogP contribution < -0.4 is 10.2 Å². The van der Waals surface area contributed by atoms with Gasteiger partial charge in [-0.05, 0) is 70.0 Å². The highest BCUT2D eigenvalue weighted by Crippen LogP contribution is 2.22. The van der Waals surface area contributed by atoms with Gasteiger partial charge in [0.25, 0.3) is 5.91 Å². The average Bonchev–Trinajstić information content (AvgIpc) is 2.64. The van der Waals surface area contributed by atoms with Crippen molar-refractivity contribution in [3.05, 3.63) is 76.6 Å². The smallest absolute Gasteiger partial charge is 0.277 e. The maximum atomic E-state index is 13.2. The third kappa shape index (κ3) is 4.36. The highest BCUT2D eigenvalue weighted by atomic mass is 16.2. The van der Waals surface area contributed by atoms with Crippen molar-refractivity contribution in [1.29, 1.82) is 0 Å². The van der Waals surface area contributed by atoms with Crippen molar-refractivity contribution in [2.24, 2.45) is 0 Å². The highest BCUT2D eigenvalue weighted by Gasteiger charge is 2.19. The Balaban J connectivity index is 1.92. The van der Waals surface area contributed by atoms with Gasteiger partial charge in [-0.2, -0.15) is 0 Å². The van der Waals surface area contributed by atoms with Crippen molar-refractivity contribution in [3.63, 3.8) is 0 Å². The van der Waals surface area contributed by atoms with Crippen LogP contribution in [0.25, 0.3) is 0 Å². The van der Waals surface area contributed by atoms with E-state index in [1.807, 2.05) is 64.1 Å². The number of anilines is 3. The fourth-order valence-corrected chi connectivity index (χ4v) is 3.19. The van der Waals surface area contributed by atoms with E-state index in [1.165, 1.54) is 5.56 Å². The van der Waals surface area contributed by atoms with Gasteiger partial charge in [0.15, 0.2) is 0 Å². The van der Waals surface area contributed by atoms with Crippen LogP contribution in [0.2, 0.25) is 0 Å². The second kappa shape index (κ2) is 8.21. The molecule has 0 bridgehead atoms. The molecule has 3 aromatic rings. The molecule has 0 aliphatic rings. The van der Waals surface area contributed by atoms with Crippen LogP contribution in [0.15, 0.2) is 48.5 Å². The Morgan fingerprint density at radius 1 is 0.964 bits per heavy atom. The van der Waals surface area contributed by atoms with E-state index in [9.17, 15) is 4.79 Å². The second-order valence-electron chi connectivity index (χ2n) is 7.05. The quantitative estimate of drug-likeness (QED) is 0.673. The molecule has 0 atom stereocenters. The maximum Gasteiger partial charge on any atom is 0.277 e. The van der Waals surface area contributed by atoms with Crippen molar-refractivity contribution < 1.29 is 4.79 Å². The zero-order valence-electron chi connectivity index (χ0n) is 17.1. The molecule has 0 spiro atoms. The van der Waals surface area contributed by atoms with Crippen LogP contribution in [-0.4, -0.2) is 22.4 Å². The summed E-state index contributed by atoms with van der Waals surface area (Å²) in [4.78, 5) is 23.8. The number of nitrogens with zero attached hydrogens (tertiary/aromatic N) is 3. The van der Waals surface area contributed by atoms with E-state index in [-0.39, 0.29) is 5.91 Å². The second-order valence-corrected chi connectivity index (χ2v) is 7.05. The van der Waals surface area contributed by atoms with Gasteiger partial charge in [0.05, 0.1) is 0 Å². The van der Waals surface area contributed by atoms with Crippen LogP contribution in [0.3, 0.4) is 0 Å². The number of aromatic nitrogens is 2. The Kier molecular flexibility index (Phi) is 5.73. The number of amides is 1. The van der Waals surface area contributed by atoms with Crippen molar-refractivity contribution in [1.82, 2.24) is 9.97 Å². The highest BCUT2D eigenvalue weighted by molar-refractivity contribution is 6.05. The van der Waals surface area contributed by atoms with Gasteiger partial charge < -0.3 is 10.2 Å². The Bertz CT molecular complexity index is 1010. The third-order valence-corrected chi connectivity index (χ3v) is 4.58. The SMILES string of the molecule is CCN(C(=O)c1cc(C)nc(Nc2ccc(C)cc2C)n1)c1cccc(C)c1. The van der Waals surface area contributed by atoms with E-state index >= 15 is 0 Å². The lowest BCUT2D eigenvalue weighted by Crippen LogP contribution is -2.31. The summed E-state index contributed by atoms with van der Waals surface area (Å²) in [6.45, 7) is 10.5. The summed E-state index contributed by atoms with van der Waals surface area (Å²) in [6, 6.07) is 15.8. The molecule has 1 heterocycles. The lowest BCUT2D eigenvalue weighted by molar-refractivity contribution is 0.0983. The molecule has 0 saturated heterocycles. The molecule has 0 aliphatic carbocycles. The van der Waals surface area contributed by atoms with Gasteiger partial charge in [-0.1, -0.05) is 29.8 Å². The zero-order chi connectivity index (χ0) is 20.3. The van der Waals surface area contributed by atoms with Gasteiger partial charge in [0.1, 0.15) is 5.69 Å². The number of carbonyl (C=O) groups excluding carboxylic acids is 1. The Labute approximate surface area is 166 Å². The van der Waals surface area contributed by atoms with Gasteiger partial charge in [0, 0.05) is 23.6 Å². The summed E-state index contributed by atoms with van der Waals surface area (Å²) in [7, 11) is 0. The third-order valence-electron chi connectivity index (χ3n) is 4.58. The van der Waals surface area contributed by atoms with E-state index in [1.54, 1.807) is 11.0 Å². The van der Waals surface area contributed by atoms with E-state index in [2.05, 4.69) is 28.3 Å². The van der Waals surface area contributed by atoms with Crippen molar-refractivity contribution in [3.8, 4) is 0 Å².